The largest absolute Gasteiger partial charge is 0.416 e. The highest BCUT2D eigenvalue weighted by molar-refractivity contribution is 6.28. The van der Waals surface area contributed by atoms with E-state index in [4.69, 9.17) is 11.6 Å². The number of carbonyl (C=O) groups is 1. The van der Waals surface area contributed by atoms with Gasteiger partial charge in [0.15, 0.2) is 5.82 Å². The molecule has 148 valence electrons. The summed E-state index contributed by atoms with van der Waals surface area (Å²) in [4.78, 5) is 24.7. The fourth-order valence-electron chi connectivity index (χ4n) is 3.24. The normalized spacial score (nSPS) is 13.8. The van der Waals surface area contributed by atoms with Crippen LogP contribution in [0.5, 0.6) is 0 Å². The Kier molecular flexibility index (Phi) is 4.66. The van der Waals surface area contributed by atoms with Gasteiger partial charge >= 0.3 is 6.18 Å². The zero-order chi connectivity index (χ0) is 20.8. The molecule has 29 heavy (non-hydrogen) atoms. The predicted molar refractivity (Wildman–Crippen MR) is 104 cm³/mol. The molecule has 2 heterocycles. The Balaban J connectivity index is 1.80. The smallest absolute Gasteiger partial charge is 0.327 e. The van der Waals surface area contributed by atoms with E-state index in [0.717, 1.165) is 12.1 Å². The van der Waals surface area contributed by atoms with Crippen LogP contribution in [0.3, 0.4) is 0 Å². The summed E-state index contributed by atoms with van der Waals surface area (Å²) in [6, 6.07) is 11.7. The average molecular weight is 419 g/mol. The van der Waals surface area contributed by atoms with Crippen LogP contribution >= 0.6 is 11.6 Å². The van der Waals surface area contributed by atoms with Gasteiger partial charge in [0, 0.05) is 7.05 Å². The van der Waals surface area contributed by atoms with Gasteiger partial charge in [-0.05, 0) is 41.4 Å². The molecule has 1 amide bonds. The zero-order valence-electron chi connectivity index (χ0n) is 15.1. The summed E-state index contributed by atoms with van der Waals surface area (Å²) in [7, 11) is 1.76. The van der Waals surface area contributed by atoms with Gasteiger partial charge in [-0.3, -0.25) is 9.69 Å². The number of hydrogen-bond acceptors (Lipinski definition) is 4. The lowest BCUT2D eigenvalue weighted by Gasteiger charge is -2.23. The number of nitrogens with zero attached hydrogens (tertiary/aromatic N) is 4. The van der Waals surface area contributed by atoms with Crippen LogP contribution < -0.4 is 9.80 Å². The number of aromatic nitrogens is 2. The van der Waals surface area contributed by atoms with E-state index in [1.807, 2.05) is 0 Å². The summed E-state index contributed by atoms with van der Waals surface area (Å²) >= 11 is 5.97. The molecule has 0 saturated heterocycles. The van der Waals surface area contributed by atoms with Crippen LogP contribution in [0.15, 0.2) is 54.7 Å². The third kappa shape index (κ3) is 3.51. The Bertz CT molecular complexity index is 1090. The molecule has 3 aromatic rings. The third-order valence-corrected chi connectivity index (χ3v) is 4.87. The first-order valence-electron chi connectivity index (χ1n) is 8.59. The fourth-order valence-corrected chi connectivity index (χ4v) is 3.37. The lowest BCUT2D eigenvalue weighted by Crippen LogP contribution is -2.30. The minimum absolute atomic E-state index is 0.0249. The van der Waals surface area contributed by atoms with Crippen molar-refractivity contribution in [3.63, 3.8) is 0 Å². The molecule has 0 N–H and O–H groups in total. The van der Waals surface area contributed by atoms with Crippen molar-refractivity contribution < 1.29 is 18.0 Å². The molecule has 4 rings (SSSR count). The van der Waals surface area contributed by atoms with Crippen molar-refractivity contribution in [1.29, 1.82) is 0 Å². The van der Waals surface area contributed by atoms with Crippen molar-refractivity contribution in [3.8, 4) is 0 Å². The number of anilines is 3. The highest BCUT2D eigenvalue weighted by Gasteiger charge is 2.32. The van der Waals surface area contributed by atoms with E-state index in [1.165, 1.54) is 23.2 Å². The minimum atomic E-state index is -4.42. The van der Waals surface area contributed by atoms with Crippen LogP contribution in [0.25, 0.3) is 0 Å². The van der Waals surface area contributed by atoms with Crippen molar-refractivity contribution in [1.82, 2.24) is 9.97 Å². The maximum atomic E-state index is 13.3. The monoisotopic (exact) mass is 418 g/mol. The molecule has 1 aliphatic rings. The van der Waals surface area contributed by atoms with Gasteiger partial charge in [-0.15, -0.1) is 0 Å². The summed E-state index contributed by atoms with van der Waals surface area (Å²) in [6.07, 6.45) is -2.98. The number of carbonyl (C=O) groups excluding carboxylic acids is 1. The summed E-state index contributed by atoms with van der Waals surface area (Å²) in [5.41, 5.74) is 1.29. The van der Waals surface area contributed by atoms with E-state index in [-0.39, 0.29) is 17.7 Å². The number of fused-ring (bicyclic) bond motifs is 2. The molecule has 0 spiro atoms. The first kappa shape index (κ1) is 19.2. The fraction of sp³-hybridized carbons (Fsp3) is 0.150. The molecule has 1 aliphatic heterocycles. The van der Waals surface area contributed by atoms with Crippen molar-refractivity contribution in [3.05, 3.63) is 76.7 Å². The Labute approximate surface area is 169 Å². The second-order valence-electron chi connectivity index (χ2n) is 6.51. The van der Waals surface area contributed by atoms with Gasteiger partial charge in [0.2, 0.25) is 5.28 Å². The summed E-state index contributed by atoms with van der Waals surface area (Å²) in [6.45, 7) is 0.0527. The van der Waals surface area contributed by atoms with Crippen LogP contribution in [-0.4, -0.2) is 22.9 Å². The van der Waals surface area contributed by atoms with Gasteiger partial charge in [-0.25, -0.2) is 4.98 Å². The second-order valence-corrected chi connectivity index (χ2v) is 6.85. The summed E-state index contributed by atoms with van der Waals surface area (Å²) in [5, 5.41) is 0.0249. The maximum Gasteiger partial charge on any atom is 0.416 e. The van der Waals surface area contributed by atoms with Crippen molar-refractivity contribution in [2.75, 3.05) is 16.8 Å². The van der Waals surface area contributed by atoms with E-state index in [0.29, 0.717) is 28.3 Å². The van der Waals surface area contributed by atoms with E-state index in [1.54, 1.807) is 36.2 Å². The minimum Gasteiger partial charge on any atom is -0.327 e. The zero-order valence-corrected chi connectivity index (χ0v) is 15.9. The Hall–Kier alpha value is -3.13. The number of alkyl halides is 3. The maximum absolute atomic E-state index is 13.3. The molecule has 0 unspecified atom stereocenters. The van der Waals surface area contributed by atoms with Gasteiger partial charge < -0.3 is 4.90 Å². The summed E-state index contributed by atoms with van der Waals surface area (Å²) < 4.78 is 38.5. The van der Waals surface area contributed by atoms with Gasteiger partial charge in [0.1, 0.15) is 5.69 Å². The van der Waals surface area contributed by atoms with Gasteiger partial charge in [-0.1, -0.05) is 24.3 Å². The molecule has 1 aromatic heterocycles. The van der Waals surface area contributed by atoms with Crippen molar-refractivity contribution in [2.24, 2.45) is 0 Å². The number of para-hydroxylation sites is 1. The Morgan fingerprint density at radius 3 is 2.41 bits per heavy atom. The van der Waals surface area contributed by atoms with Crippen LogP contribution in [0.2, 0.25) is 5.28 Å². The van der Waals surface area contributed by atoms with Crippen molar-refractivity contribution in [2.45, 2.75) is 12.7 Å². The predicted octanol–water partition coefficient (Wildman–Crippen LogP) is 5.08. The highest BCUT2D eigenvalue weighted by atomic mass is 35.5. The molecule has 2 aromatic carbocycles. The van der Waals surface area contributed by atoms with E-state index < -0.39 is 11.7 Å². The van der Waals surface area contributed by atoms with E-state index in [9.17, 15) is 18.0 Å². The summed E-state index contributed by atoms with van der Waals surface area (Å²) in [5.74, 6) is 0.118. The topological polar surface area (TPSA) is 49.3 Å². The highest BCUT2D eigenvalue weighted by Crippen LogP contribution is 2.39. The molecule has 0 radical (unpaired) electrons. The van der Waals surface area contributed by atoms with E-state index in [2.05, 4.69) is 9.97 Å². The van der Waals surface area contributed by atoms with Crippen LogP contribution in [0, 0.1) is 0 Å². The molecular weight excluding hydrogens is 405 g/mol. The Morgan fingerprint density at radius 2 is 1.72 bits per heavy atom. The average Bonchev–Trinajstić information content (AvgIpc) is 2.78. The number of benzene rings is 2. The molecule has 0 bridgehead atoms. The van der Waals surface area contributed by atoms with Crippen molar-refractivity contribution >= 4 is 34.7 Å². The van der Waals surface area contributed by atoms with Gasteiger partial charge in [0.25, 0.3) is 5.91 Å². The van der Waals surface area contributed by atoms with Gasteiger partial charge in [0.05, 0.1) is 29.6 Å². The molecule has 5 nitrogen and oxygen atoms in total. The van der Waals surface area contributed by atoms with Crippen LogP contribution in [0.4, 0.5) is 30.4 Å². The first-order valence-corrected chi connectivity index (χ1v) is 8.97. The molecule has 0 saturated carbocycles. The third-order valence-electron chi connectivity index (χ3n) is 4.69. The molecule has 0 atom stereocenters. The van der Waals surface area contributed by atoms with Crippen LogP contribution in [-0.2, 0) is 12.7 Å². The number of hydrogen-bond donors (Lipinski definition) is 0. The number of halogens is 4. The van der Waals surface area contributed by atoms with Crippen LogP contribution in [0.1, 0.15) is 21.5 Å². The quantitative estimate of drug-likeness (QED) is 0.545. The molecule has 9 heteroatoms. The number of rotatable bonds is 2. The molecular formula is C20H14ClF3N4O. The second kappa shape index (κ2) is 7.04. The molecule has 0 aliphatic carbocycles. The number of amides is 1. The molecule has 0 fully saturated rings. The Morgan fingerprint density at radius 1 is 1.03 bits per heavy atom. The lowest BCUT2D eigenvalue weighted by atomic mass is 10.1. The van der Waals surface area contributed by atoms with Gasteiger partial charge in [-0.2, -0.15) is 18.2 Å². The lowest BCUT2D eigenvalue weighted by molar-refractivity contribution is -0.137. The first-order chi connectivity index (χ1) is 13.8. The SMILES string of the molecule is CN1c2ccccc2C(=O)N(Cc2ccc(C(F)(F)F)cc2)c2cnc(Cl)nc21. The standard InChI is InChI=1S/C20H14ClF3N4O/c1-27-15-5-3-2-4-14(15)18(29)28(16-10-25-19(21)26-17(16)27)11-12-6-8-13(9-7-12)20(22,23)24/h2-10H,11H2,1H3. The van der Waals surface area contributed by atoms with E-state index >= 15 is 0 Å².